The number of carbonyl (C=O) groups excluding carboxylic acids is 3. The van der Waals surface area contributed by atoms with E-state index < -0.39 is 11.9 Å². The highest BCUT2D eigenvalue weighted by Crippen LogP contribution is 2.34. The molecule has 2 aromatic rings. The first-order chi connectivity index (χ1) is 14.1. The van der Waals surface area contributed by atoms with Crippen LogP contribution in [0.15, 0.2) is 17.5 Å². The van der Waals surface area contributed by atoms with E-state index in [1.54, 1.807) is 17.4 Å². The highest BCUT2D eigenvalue weighted by molar-refractivity contribution is 7.11. The Morgan fingerprint density at radius 3 is 3.00 bits per heavy atom. The Labute approximate surface area is 172 Å². The van der Waals surface area contributed by atoms with Crippen molar-refractivity contribution in [3.63, 3.8) is 0 Å². The topological polar surface area (TPSA) is 75.7 Å². The molecule has 3 amide bonds. The van der Waals surface area contributed by atoms with E-state index in [1.165, 1.54) is 15.3 Å². The van der Waals surface area contributed by atoms with Crippen molar-refractivity contribution in [1.29, 1.82) is 0 Å². The molecule has 1 fully saturated rings. The van der Waals surface area contributed by atoms with Gasteiger partial charge in [0.25, 0.3) is 5.91 Å². The molecule has 0 radical (unpaired) electrons. The Kier molecular flexibility index (Phi) is 4.36. The minimum absolute atomic E-state index is 0.232. The fraction of sp³-hybridized carbons (Fsp3) is 0.318. The van der Waals surface area contributed by atoms with Crippen molar-refractivity contribution < 1.29 is 19.1 Å². The quantitative estimate of drug-likeness (QED) is 0.792. The molecule has 6 nitrogen and oxygen atoms in total. The molecule has 1 saturated heterocycles. The average molecular weight is 406 g/mol. The first-order valence-corrected chi connectivity index (χ1v) is 10.5. The highest BCUT2D eigenvalue weighted by atomic mass is 32.1. The Bertz CT molecular complexity index is 1060. The Balaban J connectivity index is 1.36. The first kappa shape index (κ1) is 18.0. The third kappa shape index (κ3) is 3.10. The van der Waals surface area contributed by atoms with E-state index in [1.807, 2.05) is 0 Å². The molecule has 3 heterocycles. The minimum Gasteiger partial charge on any atom is -0.480 e. The number of ether oxygens (including phenoxy) is 1. The molecule has 1 aromatic heterocycles. The normalized spacial score (nSPS) is 20.2. The molecule has 1 atom stereocenters. The Morgan fingerprint density at radius 2 is 2.14 bits per heavy atom. The van der Waals surface area contributed by atoms with Crippen molar-refractivity contribution in [2.75, 3.05) is 0 Å². The molecule has 1 aromatic carbocycles. The molecule has 0 spiro atoms. The molecule has 5 rings (SSSR count). The summed E-state index contributed by atoms with van der Waals surface area (Å²) in [6.07, 6.45) is 6.96. The second-order valence-electron chi connectivity index (χ2n) is 7.37. The summed E-state index contributed by atoms with van der Waals surface area (Å²) in [5.41, 5.74) is 3.70. The van der Waals surface area contributed by atoms with Crippen molar-refractivity contribution >= 4 is 35.1 Å². The number of imide groups is 1. The molecule has 146 valence electrons. The summed E-state index contributed by atoms with van der Waals surface area (Å²) < 4.78 is 6.05. The van der Waals surface area contributed by atoms with Crippen molar-refractivity contribution in [3.05, 3.63) is 56.8 Å². The van der Waals surface area contributed by atoms with Crippen LogP contribution < -0.4 is 10.1 Å². The predicted octanol–water partition coefficient (Wildman–Crippen LogP) is 2.65. The van der Waals surface area contributed by atoms with Crippen LogP contribution in [0.4, 0.5) is 0 Å². The molecular formula is C22H18N2O4S. The fourth-order valence-corrected chi connectivity index (χ4v) is 5.14. The average Bonchev–Trinajstić information content (AvgIpc) is 3.28. The number of nitrogens with zero attached hydrogens (tertiary/aromatic N) is 1. The van der Waals surface area contributed by atoms with Gasteiger partial charge in [-0.3, -0.25) is 19.7 Å². The van der Waals surface area contributed by atoms with Crippen molar-refractivity contribution in [3.8, 4) is 5.75 Å². The van der Waals surface area contributed by atoms with Gasteiger partial charge in [-0.2, -0.15) is 0 Å². The summed E-state index contributed by atoms with van der Waals surface area (Å²) >= 11 is 1.71. The second-order valence-corrected chi connectivity index (χ2v) is 8.28. The molecule has 0 bridgehead atoms. The molecule has 1 unspecified atom stereocenters. The lowest BCUT2D eigenvalue weighted by Gasteiger charge is -2.29. The number of hydrogen-bond donors (Lipinski definition) is 1. The number of carbonyl (C=O) groups is 3. The minimum atomic E-state index is -0.642. The van der Waals surface area contributed by atoms with Gasteiger partial charge in [-0.1, -0.05) is 12.1 Å². The summed E-state index contributed by atoms with van der Waals surface area (Å²) in [6, 6.07) is 6.80. The summed E-state index contributed by atoms with van der Waals surface area (Å²) in [6.45, 7) is 0.679. The molecule has 1 aliphatic carbocycles. The number of piperidine rings is 1. The van der Waals surface area contributed by atoms with Gasteiger partial charge < -0.3 is 9.64 Å². The Morgan fingerprint density at radius 1 is 1.24 bits per heavy atom. The van der Waals surface area contributed by atoms with E-state index in [0.29, 0.717) is 24.3 Å². The zero-order valence-electron chi connectivity index (χ0n) is 15.6. The maximum atomic E-state index is 12.9. The molecule has 0 saturated carbocycles. The summed E-state index contributed by atoms with van der Waals surface area (Å²) in [4.78, 5) is 39.3. The van der Waals surface area contributed by atoms with Crippen LogP contribution >= 0.6 is 11.3 Å². The van der Waals surface area contributed by atoms with E-state index in [9.17, 15) is 14.4 Å². The number of thiophene rings is 1. The van der Waals surface area contributed by atoms with Crippen LogP contribution in [-0.4, -0.2) is 28.7 Å². The van der Waals surface area contributed by atoms with Crippen LogP contribution in [0.25, 0.3) is 6.08 Å². The molecule has 1 N–H and O–H groups in total. The lowest BCUT2D eigenvalue weighted by molar-refractivity contribution is -0.136. The highest BCUT2D eigenvalue weighted by Gasteiger charge is 2.40. The van der Waals surface area contributed by atoms with Gasteiger partial charge in [0.1, 0.15) is 12.6 Å². The molecule has 29 heavy (non-hydrogen) atoms. The summed E-state index contributed by atoms with van der Waals surface area (Å²) in [7, 11) is 0. The monoisotopic (exact) mass is 406 g/mol. The van der Waals surface area contributed by atoms with Crippen LogP contribution in [0, 0.1) is 12.1 Å². The van der Waals surface area contributed by atoms with Gasteiger partial charge in [0.2, 0.25) is 11.8 Å². The van der Waals surface area contributed by atoms with Crippen molar-refractivity contribution in [2.45, 2.75) is 44.9 Å². The fourth-order valence-electron chi connectivity index (χ4n) is 4.11. The molecular weight excluding hydrogens is 388 g/mol. The lowest BCUT2D eigenvalue weighted by atomic mass is 10.0. The van der Waals surface area contributed by atoms with Crippen molar-refractivity contribution in [2.24, 2.45) is 0 Å². The molecule has 2 aliphatic heterocycles. The zero-order chi connectivity index (χ0) is 20.0. The van der Waals surface area contributed by atoms with Gasteiger partial charge in [0.05, 0.1) is 12.1 Å². The van der Waals surface area contributed by atoms with Crippen LogP contribution in [0.3, 0.4) is 0 Å². The van der Waals surface area contributed by atoms with Crippen LogP contribution in [0.2, 0.25) is 0 Å². The number of rotatable bonds is 4. The van der Waals surface area contributed by atoms with E-state index in [-0.39, 0.29) is 24.8 Å². The maximum Gasteiger partial charge on any atom is 0.256 e. The number of amides is 3. The third-order valence-corrected chi connectivity index (χ3v) is 6.66. The van der Waals surface area contributed by atoms with Gasteiger partial charge in [-0.15, -0.1) is 11.3 Å². The first-order valence-electron chi connectivity index (χ1n) is 9.60. The SMILES string of the molecule is O=C1CCC(N2Cc3c(OCc4csc5c4CCC=C5)c#ccc3C2=O)C(=O)N1. The summed E-state index contributed by atoms with van der Waals surface area (Å²) in [5.74, 6) is -0.453. The smallest absolute Gasteiger partial charge is 0.256 e. The summed E-state index contributed by atoms with van der Waals surface area (Å²) in [5, 5.41) is 4.44. The van der Waals surface area contributed by atoms with Gasteiger partial charge >= 0.3 is 0 Å². The van der Waals surface area contributed by atoms with E-state index in [2.05, 4.69) is 35.0 Å². The van der Waals surface area contributed by atoms with Crippen LogP contribution in [-0.2, 0) is 29.2 Å². The second kappa shape index (κ2) is 7.05. The van der Waals surface area contributed by atoms with Crippen molar-refractivity contribution in [1.82, 2.24) is 10.2 Å². The van der Waals surface area contributed by atoms with Gasteiger partial charge in [-0.25, -0.2) is 0 Å². The van der Waals surface area contributed by atoms with E-state index in [4.69, 9.17) is 4.74 Å². The van der Waals surface area contributed by atoms with Crippen LogP contribution in [0.5, 0.6) is 5.75 Å². The number of fused-ring (bicyclic) bond motifs is 2. The third-order valence-electron chi connectivity index (χ3n) is 5.62. The molecule has 3 aliphatic rings. The number of allylic oxidation sites excluding steroid dienone is 1. The molecule has 7 heteroatoms. The van der Waals surface area contributed by atoms with E-state index in [0.717, 1.165) is 24.0 Å². The zero-order valence-corrected chi connectivity index (χ0v) is 16.4. The number of hydrogen-bond acceptors (Lipinski definition) is 5. The largest absolute Gasteiger partial charge is 0.480 e. The number of nitrogens with one attached hydrogen (secondary N) is 1. The van der Waals surface area contributed by atoms with Gasteiger partial charge in [0, 0.05) is 28.5 Å². The van der Waals surface area contributed by atoms with Crippen LogP contribution in [0.1, 0.15) is 51.2 Å². The van der Waals surface area contributed by atoms with E-state index >= 15 is 0 Å². The standard InChI is InChI=1S/C22H18N2O4S/c25-20-9-8-17(21(26)23-20)24-10-16-15(22(24)27)5-3-6-18(16)28-11-13-12-29-19-7-2-1-4-14(13)19/h2,5,7,12,17H,1,4,8-11H2,(H,23,25,26). The predicted molar refractivity (Wildman–Crippen MR) is 106 cm³/mol. The lowest BCUT2D eigenvalue weighted by Crippen LogP contribution is -2.52. The van der Waals surface area contributed by atoms with Gasteiger partial charge in [0.15, 0.2) is 5.75 Å². The maximum absolute atomic E-state index is 12.9. The Hall–Kier alpha value is -3.11. The van der Waals surface area contributed by atoms with Gasteiger partial charge in [-0.05, 0) is 42.3 Å².